The van der Waals surface area contributed by atoms with Gasteiger partial charge in [-0.25, -0.2) is 14.1 Å². The van der Waals surface area contributed by atoms with E-state index in [1.807, 2.05) is 5.32 Å². The van der Waals surface area contributed by atoms with Crippen LogP contribution in [-0.2, 0) is 0 Å². The molecule has 1 aliphatic carbocycles. The lowest BCUT2D eigenvalue weighted by Crippen LogP contribution is -2.21. The highest BCUT2D eigenvalue weighted by Gasteiger charge is 2.26. The summed E-state index contributed by atoms with van der Waals surface area (Å²) in [6.45, 7) is -2.71. The average Bonchev–Trinajstić information content (AvgIpc) is 3.43. The minimum atomic E-state index is -2.71. The monoisotopic (exact) mass is 386 g/mol. The molecule has 1 amide bonds. The van der Waals surface area contributed by atoms with Gasteiger partial charge in [-0.15, -0.1) is 5.10 Å². The number of rotatable bonds is 6. The third-order valence-corrected chi connectivity index (χ3v) is 4.25. The molecule has 0 saturated heterocycles. The average molecular weight is 386 g/mol. The maximum atomic E-state index is 14.5. The Hall–Kier alpha value is -3.56. The van der Waals surface area contributed by atoms with E-state index in [9.17, 15) is 9.18 Å². The van der Waals surface area contributed by atoms with Crippen LogP contribution in [0.4, 0.5) is 15.8 Å². The highest BCUT2D eigenvalue weighted by atomic mass is 19.1. The molecule has 0 atom stereocenters. The summed E-state index contributed by atoms with van der Waals surface area (Å²) in [7, 11) is 1.41. The van der Waals surface area contributed by atoms with Crippen LogP contribution in [0.2, 0.25) is 0 Å². The van der Waals surface area contributed by atoms with E-state index in [1.165, 1.54) is 31.5 Å². The van der Waals surface area contributed by atoms with E-state index in [0.717, 1.165) is 12.8 Å². The molecule has 0 spiro atoms. The van der Waals surface area contributed by atoms with Crippen molar-refractivity contribution in [2.75, 3.05) is 19.4 Å². The van der Waals surface area contributed by atoms with Crippen LogP contribution in [0, 0.1) is 5.82 Å². The minimum Gasteiger partial charge on any atom is -0.494 e. The zero-order chi connectivity index (χ0) is 22.2. The number of halogens is 1. The fourth-order valence-corrected chi connectivity index (χ4v) is 2.79. The van der Waals surface area contributed by atoms with Gasteiger partial charge in [0.25, 0.3) is 5.91 Å². The molecular weight excluding hydrogens is 365 g/mol. The Morgan fingerprint density at radius 3 is 3.00 bits per heavy atom. The number of carbonyl (C=O) groups is 1. The van der Waals surface area contributed by atoms with Gasteiger partial charge in [0.05, 0.1) is 36.3 Å². The Morgan fingerprint density at radius 2 is 2.25 bits per heavy atom. The molecule has 2 N–H and O–H groups in total. The molecule has 0 aliphatic heterocycles. The molecule has 0 unspecified atom stereocenters. The molecule has 4 rings (SSSR count). The van der Waals surface area contributed by atoms with Gasteiger partial charge in [-0.05, 0) is 25.0 Å². The third-order valence-electron chi connectivity index (χ3n) is 4.25. The first-order chi connectivity index (χ1) is 14.7. The lowest BCUT2D eigenvalue weighted by Gasteiger charge is -2.15. The van der Waals surface area contributed by atoms with Gasteiger partial charge >= 0.3 is 0 Å². The maximum Gasteiger partial charge on any atom is 0.273 e. The van der Waals surface area contributed by atoms with E-state index in [0.29, 0.717) is 17.4 Å². The molecule has 1 fully saturated rings. The number of benzene rings is 1. The summed E-state index contributed by atoms with van der Waals surface area (Å²) in [5.41, 5.74) is 0.335. The molecule has 1 saturated carbocycles. The van der Waals surface area contributed by atoms with Gasteiger partial charge < -0.3 is 15.4 Å². The first kappa shape index (κ1) is 14.5. The van der Waals surface area contributed by atoms with Gasteiger partial charge in [-0.2, -0.15) is 10.2 Å². The third kappa shape index (κ3) is 3.36. The second-order valence-corrected chi connectivity index (χ2v) is 6.19. The topological polar surface area (TPSA) is 107 Å². The van der Waals surface area contributed by atoms with Crippen LogP contribution in [0.25, 0.3) is 11.4 Å². The van der Waals surface area contributed by atoms with Crippen LogP contribution >= 0.6 is 0 Å². The van der Waals surface area contributed by atoms with Gasteiger partial charge in [0.2, 0.25) is 0 Å². The molecule has 0 radical (unpaired) electrons. The molecule has 0 bridgehead atoms. The van der Waals surface area contributed by atoms with Crippen molar-refractivity contribution >= 4 is 17.3 Å². The largest absolute Gasteiger partial charge is 0.494 e. The van der Waals surface area contributed by atoms with E-state index >= 15 is 0 Å². The van der Waals surface area contributed by atoms with Gasteiger partial charge in [0.15, 0.2) is 17.3 Å². The number of hydrogen-bond donors (Lipinski definition) is 2. The van der Waals surface area contributed by atoms with Gasteiger partial charge in [-0.1, -0.05) is 0 Å². The number of hydrogen-bond acceptors (Lipinski definition) is 7. The normalized spacial score (nSPS) is 15.3. The lowest BCUT2D eigenvalue weighted by atomic mass is 10.1. The van der Waals surface area contributed by atoms with Crippen molar-refractivity contribution in [3.63, 3.8) is 0 Å². The van der Waals surface area contributed by atoms with Gasteiger partial charge in [0.1, 0.15) is 12.1 Å². The number of ether oxygens (including phenoxy) is 1. The second kappa shape index (κ2) is 7.22. The first-order valence-corrected chi connectivity index (χ1v) is 8.45. The van der Waals surface area contributed by atoms with Crippen LogP contribution in [0.5, 0.6) is 5.75 Å². The molecule has 144 valence electrons. The Labute approximate surface area is 164 Å². The van der Waals surface area contributed by atoms with Crippen molar-refractivity contribution in [1.29, 1.82) is 0 Å². The second-order valence-electron chi connectivity index (χ2n) is 6.19. The fraction of sp³-hybridized carbons (Fsp3) is 0.278. The Bertz CT molecular complexity index is 1130. The Kier molecular flexibility index (Phi) is 3.74. The molecule has 28 heavy (non-hydrogen) atoms. The molecule has 1 aliphatic rings. The quantitative estimate of drug-likeness (QED) is 0.669. The standard InChI is InChI=1S/C18H18FN7O2/c1-20-18(27)15-13(5-6-22-24-15)23-14-8-10(19)7-12(16(14)28-2)17-21-9-26(25-17)11-3-4-11/h5-9,11H,3-4H2,1-2H3,(H,20,27)(H,22,23)/i1D3. The number of anilines is 2. The smallest absolute Gasteiger partial charge is 0.273 e. The summed E-state index contributed by atoms with van der Waals surface area (Å²) < 4.78 is 43.3. The number of aromatic nitrogens is 5. The summed E-state index contributed by atoms with van der Waals surface area (Å²) in [6, 6.07) is 4.14. The van der Waals surface area contributed by atoms with Crippen molar-refractivity contribution in [2.45, 2.75) is 18.9 Å². The van der Waals surface area contributed by atoms with E-state index in [1.54, 1.807) is 11.0 Å². The zero-order valence-electron chi connectivity index (χ0n) is 17.8. The summed E-state index contributed by atoms with van der Waals surface area (Å²) >= 11 is 0. The highest BCUT2D eigenvalue weighted by Crippen LogP contribution is 2.39. The highest BCUT2D eigenvalue weighted by molar-refractivity contribution is 5.98. The maximum absolute atomic E-state index is 14.5. The summed E-state index contributed by atoms with van der Waals surface area (Å²) in [6.07, 6.45) is 4.94. The van der Waals surface area contributed by atoms with Crippen LogP contribution < -0.4 is 15.4 Å². The van der Waals surface area contributed by atoms with Crippen molar-refractivity contribution in [3.8, 4) is 17.1 Å². The zero-order valence-corrected chi connectivity index (χ0v) is 14.8. The van der Waals surface area contributed by atoms with E-state index < -0.39 is 18.7 Å². The SMILES string of the molecule is [2H]C([2H])([2H])NC(=O)c1nnccc1Nc1cc(F)cc(-c2ncn(C3CC3)n2)c1OC. The van der Waals surface area contributed by atoms with Gasteiger partial charge in [-0.3, -0.25) is 4.79 Å². The Morgan fingerprint density at radius 1 is 1.39 bits per heavy atom. The summed E-state index contributed by atoms with van der Waals surface area (Å²) in [5, 5.41) is 16.5. The van der Waals surface area contributed by atoms with Crippen molar-refractivity contribution in [3.05, 3.63) is 42.2 Å². The summed E-state index contributed by atoms with van der Waals surface area (Å²) in [5.74, 6) is -1.01. The van der Waals surface area contributed by atoms with Crippen molar-refractivity contribution in [2.24, 2.45) is 0 Å². The van der Waals surface area contributed by atoms with Crippen molar-refractivity contribution < 1.29 is 18.0 Å². The van der Waals surface area contributed by atoms with Gasteiger partial charge in [0, 0.05) is 17.2 Å². The van der Waals surface area contributed by atoms with Crippen LogP contribution in [0.1, 0.15) is 33.5 Å². The number of nitrogens with zero attached hydrogens (tertiary/aromatic N) is 5. The first-order valence-electron chi connectivity index (χ1n) is 9.95. The molecule has 1 aromatic carbocycles. The van der Waals surface area contributed by atoms with Crippen LogP contribution in [0.15, 0.2) is 30.7 Å². The minimum absolute atomic E-state index is 0.114. The predicted octanol–water partition coefficient (Wildman–Crippen LogP) is 2.32. The molecule has 3 aromatic rings. The van der Waals surface area contributed by atoms with Crippen molar-refractivity contribution in [1.82, 2.24) is 30.3 Å². The molecule has 2 aromatic heterocycles. The van der Waals surface area contributed by atoms with E-state index in [4.69, 9.17) is 8.85 Å². The lowest BCUT2D eigenvalue weighted by molar-refractivity contribution is 0.0958. The summed E-state index contributed by atoms with van der Waals surface area (Å²) in [4.78, 5) is 16.6. The number of nitrogens with one attached hydrogen (secondary N) is 2. The Balaban J connectivity index is 1.71. The number of amides is 1. The van der Waals surface area contributed by atoms with E-state index in [2.05, 4.69) is 25.6 Å². The molecular formula is C18H18FN7O2. The van der Waals surface area contributed by atoms with Crippen LogP contribution in [-0.4, -0.2) is 45.0 Å². The van der Waals surface area contributed by atoms with E-state index in [-0.39, 0.29) is 22.8 Å². The van der Waals surface area contributed by atoms with Crippen LogP contribution in [0.3, 0.4) is 0 Å². The predicted molar refractivity (Wildman–Crippen MR) is 98.9 cm³/mol. The fourth-order valence-electron chi connectivity index (χ4n) is 2.79. The number of methoxy groups -OCH3 is 1. The number of carbonyl (C=O) groups excluding carboxylic acids is 1. The molecule has 10 heteroatoms. The molecule has 2 heterocycles. The molecule has 9 nitrogen and oxygen atoms in total.